The van der Waals surface area contributed by atoms with Crippen LogP contribution in [-0.2, 0) is 10.0 Å². The van der Waals surface area contributed by atoms with Crippen LogP contribution >= 0.6 is 0 Å². The van der Waals surface area contributed by atoms with E-state index in [0.717, 1.165) is 25.7 Å². The van der Waals surface area contributed by atoms with Crippen LogP contribution in [0.3, 0.4) is 0 Å². The Morgan fingerprint density at radius 1 is 1.00 bits per heavy atom. The molecule has 25 heavy (non-hydrogen) atoms. The zero-order valence-corrected chi connectivity index (χ0v) is 14.7. The van der Waals surface area contributed by atoms with Gasteiger partial charge >= 0.3 is 0 Å². The number of pyridine rings is 1. The summed E-state index contributed by atoms with van der Waals surface area (Å²) >= 11 is 0. The van der Waals surface area contributed by atoms with E-state index >= 15 is 0 Å². The highest BCUT2D eigenvalue weighted by atomic mass is 32.2. The monoisotopic (exact) mass is 359 g/mol. The number of aromatic nitrogens is 1. The third kappa shape index (κ3) is 4.24. The smallest absolute Gasteiger partial charge is 0.255 e. The summed E-state index contributed by atoms with van der Waals surface area (Å²) in [5.74, 6) is -0.299. The van der Waals surface area contributed by atoms with Gasteiger partial charge in [0, 0.05) is 36.7 Å². The molecular weight excluding hydrogens is 338 g/mol. The van der Waals surface area contributed by atoms with Crippen molar-refractivity contribution in [2.45, 2.75) is 30.6 Å². The molecular formula is C18H21N3O3S. The van der Waals surface area contributed by atoms with Gasteiger partial charge in [-0.05, 0) is 43.2 Å². The van der Waals surface area contributed by atoms with Crippen LogP contribution in [0.5, 0.6) is 0 Å². The molecule has 1 amide bonds. The van der Waals surface area contributed by atoms with Gasteiger partial charge < -0.3 is 5.32 Å². The lowest BCUT2D eigenvalue weighted by Crippen LogP contribution is -2.32. The predicted octanol–water partition coefficient (Wildman–Crippen LogP) is 2.90. The van der Waals surface area contributed by atoms with E-state index in [9.17, 15) is 13.2 Å². The van der Waals surface area contributed by atoms with E-state index < -0.39 is 10.0 Å². The molecule has 132 valence electrons. The number of sulfonamides is 1. The number of carbonyl (C=O) groups excluding carboxylic acids is 1. The number of rotatable bonds is 4. The lowest BCUT2D eigenvalue weighted by Gasteiger charge is -2.20. The fraction of sp³-hybridized carbons (Fsp3) is 0.333. The Balaban J connectivity index is 1.80. The molecule has 1 N–H and O–H groups in total. The second-order valence-corrected chi connectivity index (χ2v) is 7.97. The largest absolute Gasteiger partial charge is 0.322 e. The van der Waals surface area contributed by atoms with E-state index in [-0.39, 0.29) is 10.8 Å². The van der Waals surface area contributed by atoms with Crippen LogP contribution in [0.25, 0.3) is 0 Å². The molecule has 3 rings (SSSR count). The molecule has 1 aromatic heterocycles. The molecule has 0 spiro atoms. The average molecular weight is 359 g/mol. The molecule has 1 aromatic carbocycles. The van der Waals surface area contributed by atoms with Gasteiger partial charge in [-0.25, -0.2) is 8.42 Å². The number of nitrogens with one attached hydrogen (secondary N) is 1. The molecule has 1 aliphatic rings. The van der Waals surface area contributed by atoms with Gasteiger partial charge in [-0.15, -0.1) is 0 Å². The van der Waals surface area contributed by atoms with Gasteiger partial charge in [0.05, 0.1) is 4.90 Å². The van der Waals surface area contributed by atoms with Crippen molar-refractivity contribution < 1.29 is 13.2 Å². The minimum atomic E-state index is -3.54. The van der Waals surface area contributed by atoms with Crippen LogP contribution in [0.2, 0.25) is 0 Å². The number of benzene rings is 1. The highest BCUT2D eigenvalue weighted by molar-refractivity contribution is 7.89. The van der Waals surface area contributed by atoms with Crippen molar-refractivity contribution in [1.82, 2.24) is 9.29 Å². The normalized spacial score (nSPS) is 16.2. The molecule has 0 atom stereocenters. The van der Waals surface area contributed by atoms with Crippen molar-refractivity contribution >= 4 is 21.6 Å². The van der Waals surface area contributed by atoms with Crippen molar-refractivity contribution in [3.8, 4) is 0 Å². The number of nitrogens with zero attached hydrogens (tertiary/aromatic N) is 2. The van der Waals surface area contributed by atoms with E-state index in [0.29, 0.717) is 24.3 Å². The fourth-order valence-corrected chi connectivity index (χ4v) is 4.44. The first kappa shape index (κ1) is 17.6. The van der Waals surface area contributed by atoms with Crippen LogP contribution in [0.1, 0.15) is 36.0 Å². The lowest BCUT2D eigenvalue weighted by molar-refractivity contribution is 0.102. The zero-order chi connectivity index (χ0) is 17.7. The SMILES string of the molecule is O=C(Nc1cccc(S(=O)(=O)N2CCCCCC2)c1)c1ccncc1. The Bertz CT molecular complexity index is 830. The zero-order valence-electron chi connectivity index (χ0n) is 13.9. The molecule has 2 heterocycles. The summed E-state index contributed by atoms with van der Waals surface area (Å²) in [7, 11) is -3.54. The van der Waals surface area contributed by atoms with Crippen LogP contribution in [0.4, 0.5) is 5.69 Å². The summed E-state index contributed by atoms with van der Waals surface area (Å²) in [6.45, 7) is 1.10. The number of anilines is 1. The molecule has 0 saturated carbocycles. The molecule has 1 saturated heterocycles. The summed E-state index contributed by atoms with van der Waals surface area (Å²) in [5, 5.41) is 2.74. The fourth-order valence-electron chi connectivity index (χ4n) is 2.87. The van der Waals surface area contributed by atoms with Crippen molar-refractivity contribution in [3.05, 3.63) is 54.4 Å². The van der Waals surface area contributed by atoms with Gasteiger partial charge in [0.1, 0.15) is 0 Å². The third-order valence-corrected chi connectivity index (χ3v) is 6.13. The predicted molar refractivity (Wildman–Crippen MR) is 95.9 cm³/mol. The minimum absolute atomic E-state index is 0.210. The van der Waals surface area contributed by atoms with Crippen LogP contribution in [0, 0.1) is 0 Å². The van der Waals surface area contributed by atoms with E-state index in [2.05, 4.69) is 10.3 Å². The summed E-state index contributed by atoms with van der Waals surface area (Å²) in [5.41, 5.74) is 0.925. The first-order valence-electron chi connectivity index (χ1n) is 8.39. The van der Waals surface area contributed by atoms with Gasteiger partial charge in [0.15, 0.2) is 0 Å². The lowest BCUT2D eigenvalue weighted by atomic mass is 10.2. The Hall–Kier alpha value is -2.25. The van der Waals surface area contributed by atoms with E-state index in [1.807, 2.05) is 0 Å². The van der Waals surface area contributed by atoms with Gasteiger partial charge in [0.2, 0.25) is 10.0 Å². The standard InChI is InChI=1S/C18H21N3O3S/c22-18(15-8-10-19-11-9-15)20-16-6-5-7-17(14-16)25(23,24)21-12-3-1-2-4-13-21/h5-11,14H,1-4,12-13H2,(H,20,22). The Kier molecular flexibility index (Phi) is 5.45. The van der Waals surface area contributed by atoms with Gasteiger partial charge in [0.25, 0.3) is 5.91 Å². The van der Waals surface area contributed by atoms with Crippen LogP contribution < -0.4 is 5.32 Å². The quantitative estimate of drug-likeness (QED) is 0.910. The van der Waals surface area contributed by atoms with E-state index in [4.69, 9.17) is 0 Å². The average Bonchev–Trinajstić information content (AvgIpc) is 2.93. The molecule has 0 radical (unpaired) electrons. The summed E-state index contributed by atoms with van der Waals surface area (Å²) < 4.78 is 27.3. The van der Waals surface area contributed by atoms with Crippen LogP contribution in [0.15, 0.2) is 53.7 Å². The molecule has 0 unspecified atom stereocenters. The number of amides is 1. The molecule has 7 heteroatoms. The molecule has 0 bridgehead atoms. The summed E-state index contributed by atoms with van der Waals surface area (Å²) in [4.78, 5) is 16.3. The second kappa shape index (κ2) is 7.76. The number of carbonyl (C=O) groups is 1. The highest BCUT2D eigenvalue weighted by Gasteiger charge is 2.25. The van der Waals surface area contributed by atoms with Crippen molar-refractivity contribution in [3.63, 3.8) is 0 Å². The maximum Gasteiger partial charge on any atom is 0.255 e. The Morgan fingerprint density at radius 3 is 2.36 bits per heavy atom. The Morgan fingerprint density at radius 2 is 1.68 bits per heavy atom. The van der Waals surface area contributed by atoms with E-state index in [1.54, 1.807) is 34.6 Å². The molecule has 1 aliphatic heterocycles. The third-order valence-electron chi connectivity index (χ3n) is 4.24. The van der Waals surface area contributed by atoms with E-state index in [1.165, 1.54) is 18.5 Å². The summed E-state index contributed by atoms with van der Waals surface area (Å²) in [6.07, 6.45) is 6.97. The van der Waals surface area contributed by atoms with Crippen molar-refractivity contribution in [2.24, 2.45) is 0 Å². The summed E-state index contributed by atoms with van der Waals surface area (Å²) in [6, 6.07) is 9.62. The van der Waals surface area contributed by atoms with Crippen molar-refractivity contribution in [2.75, 3.05) is 18.4 Å². The van der Waals surface area contributed by atoms with Crippen LogP contribution in [-0.4, -0.2) is 36.7 Å². The topological polar surface area (TPSA) is 79.4 Å². The maximum atomic E-state index is 12.9. The maximum absolute atomic E-state index is 12.9. The molecule has 6 nitrogen and oxygen atoms in total. The van der Waals surface area contributed by atoms with Gasteiger partial charge in [-0.1, -0.05) is 18.9 Å². The van der Waals surface area contributed by atoms with Gasteiger partial charge in [-0.2, -0.15) is 4.31 Å². The molecule has 0 aliphatic carbocycles. The number of hydrogen-bond donors (Lipinski definition) is 1. The first-order valence-corrected chi connectivity index (χ1v) is 9.83. The number of hydrogen-bond acceptors (Lipinski definition) is 4. The van der Waals surface area contributed by atoms with Gasteiger partial charge in [-0.3, -0.25) is 9.78 Å². The highest BCUT2D eigenvalue weighted by Crippen LogP contribution is 2.23. The Labute approximate surface area is 147 Å². The second-order valence-electron chi connectivity index (χ2n) is 6.04. The minimum Gasteiger partial charge on any atom is -0.322 e. The molecule has 2 aromatic rings. The van der Waals surface area contributed by atoms with Crippen molar-refractivity contribution in [1.29, 1.82) is 0 Å². The first-order chi connectivity index (χ1) is 12.1. The molecule has 1 fully saturated rings.